The third kappa shape index (κ3) is 4.03. The lowest BCUT2D eigenvalue weighted by molar-refractivity contribution is 0.247. The molecule has 0 saturated carbocycles. The van der Waals surface area contributed by atoms with E-state index in [9.17, 15) is 13.2 Å². The van der Waals surface area contributed by atoms with Gasteiger partial charge >= 0.3 is 6.03 Å². The summed E-state index contributed by atoms with van der Waals surface area (Å²) < 4.78 is 27.4. The summed E-state index contributed by atoms with van der Waals surface area (Å²) in [5, 5.41) is 2.85. The molecule has 0 fully saturated rings. The smallest absolute Gasteiger partial charge is 0.321 e. The Morgan fingerprint density at radius 2 is 2.09 bits per heavy atom. The van der Waals surface area contributed by atoms with Gasteiger partial charge in [-0.15, -0.1) is 0 Å². The van der Waals surface area contributed by atoms with Crippen molar-refractivity contribution in [2.24, 2.45) is 0 Å². The van der Waals surface area contributed by atoms with E-state index in [0.717, 1.165) is 24.1 Å². The Morgan fingerprint density at radius 1 is 1.35 bits per heavy atom. The van der Waals surface area contributed by atoms with Gasteiger partial charge in [-0.3, -0.25) is 4.90 Å². The van der Waals surface area contributed by atoms with Gasteiger partial charge in [0.1, 0.15) is 0 Å². The van der Waals surface area contributed by atoms with Crippen molar-refractivity contribution >= 4 is 21.7 Å². The molecule has 0 spiro atoms. The van der Waals surface area contributed by atoms with Gasteiger partial charge in [0, 0.05) is 24.8 Å². The lowest BCUT2D eigenvalue weighted by atomic mass is 10.2. The Bertz CT molecular complexity index is 673. The SMILES string of the molecule is CCCNC(=O)N1CCc2cc(S(=O)(=O)NC(C)CC)ccc21. The summed E-state index contributed by atoms with van der Waals surface area (Å²) in [6.45, 7) is 6.98. The van der Waals surface area contributed by atoms with Crippen LogP contribution in [-0.4, -0.2) is 33.6 Å². The van der Waals surface area contributed by atoms with Gasteiger partial charge in [0.25, 0.3) is 0 Å². The summed E-state index contributed by atoms with van der Waals surface area (Å²) in [7, 11) is -3.51. The van der Waals surface area contributed by atoms with Crippen molar-refractivity contribution in [1.29, 1.82) is 0 Å². The average Bonchev–Trinajstić information content (AvgIpc) is 2.95. The molecule has 0 radical (unpaired) electrons. The molecule has 1 aromatic rings. The summed E-state index contributed by atoms with van der Waals surface area (Å²) in [5.41, 5.74) is 1.68. The molecule has 128 valence electrons. The number of rotatable bonds is 6. The lowest BCUT2D eigenvalue weighted by Gasteiger charge is -2.18. The molecular formula is C16H25N3O3S. The van der Waals surface area contributed by atoms with Crippen LogP contribution in [0.3, 0.4) is 0 Å². The number of anilines is 1. The minimum Gasteiger partial charge on any atom is -0.338 e. The van der Waals surface area contributed by atoms with Crippen LogP contribution < -0.4 is 14.9 Å². The van der Waals surface area contributed by atoms with Crippen molar-refractivity contribution in [3.05, 3.63) is 23.8 Å². The van der Waals surface area contributed by atoms with Gasteiger partial charge in [0.05, 0.1) is 4.90 Å². The van der Waals surface area contributed by atoms with Crippen molar-refractivity contribution in [3.63, 3.8) is 0 Å². The first-order chi connectivity index (χ1) is 10.9. The molecule has 1 atom stereocenters. The number of carbonyl (C=O) groups is 1. The zero-order valence-electron chi connectivity index (χ0n) is 13.9. The van der Waals surface area contributed by atoms with Crippen LogP contribution in [0.15, 0.2) is 23.1 Å². The third-order valence-corrected chi connectivity index (χ3v) is 5.58. The maximum atomic E-state index is 12.4. The molecule has 0 aliphatic carbocycles. The zero-order valence-corrected chi connectivity index (χ0v) is 14.7. The number of carbonyl (C=O) groups excluding carboxylic acids is 1. The van der Waals surface area contributed by atoms with Crippen LogP contribution in [0, 0.1) is 0 Å². The molecule has 1 heterocycles. The number of nitrogens with one attached hydrogen (secondary N) is 2. The molecule has 2 amide bonds. The molecule has 0 aromatic heterocycles. The fraction of sp³-hybridized carbons (Fsp3) is 0.562. The van der Waals surface area contributed by atoms with Crippen LogP contribution in [0.2, 0.25) is 0 Å². The second kappa shape index (κ2) is 7.31. The van der Waals surface area contributed by atoms with Gasteiger partial charge in [-0.1, -0.05) is 13.8 Å². The highest BCUT2D eigenvalue weighted by molar-refractivity contribution is 7.89. The monoisotopic (exact) mass is 339 g/mol. The number of nitrogens with zero attached hydrogens (tertiary/aromatic N) is 1. The molecule has 0 bridgehead atoms. The van der Waals surface area contributed by atoms with E-state index in [0.29, 0.717) is 19.5 Å². The number of sulfonamides is 1. The summed E-state index contributed by atoms with van der Waals surface area (Å²) in [6.07, 6.45) is 2.28. The number of fused-ring (bicyclic) bond motifs is 1. The Labute approximate surface area is 138 Å². The first-order valence-electron chi connectivity index (χ1n) is 8.09. The molecular weight excluding hydrogens is 314 g/mol. The Kier molecular flexibility index (Phi) is 5.64. The van der Waals surface area contributed by atoms with Crippen molar-refractivity contribution in [2.75, 3.05) is 18.0 Å². The van der Waals surface area contributed by atoms with E-state index < -0.39 is 10.0 Å². The van der Waals surface area contributed by atoms with E-state index in [1.165, 1.54) is 0 Å². The quantitative estimate of drug-likeness (QED) is 0.834. The maximum Gasteiger partial charge on any atom is 0.321 e. The van der Waals surface area contributed by atoms with Crippen LogP contribution in [0.1, 0.15) is 39.2 Å². The average molecular weight is 339 g/mol. The lowest BCUT2D eigenvalue weighted by Crippen LogP contribution is -2.39. The van der Waals surface area contributed by atoms with E-state index in [4.69, 9.17) is 0 Å². The first-order valence-corrected chi connectivity index (χ1v) is 9.58. The van der Waals surface area contributed by atoms with Gasteiger partial charge in [-0.05, 0) is 49.9 Å². The topological polar surface area (TPSA) is 78.5 Å². The second-order valence-electron chi connectivity index (χ2n) is 5.85. The molecule has 6 nitrogen and oxygen atoms in total. The van der Waals surface area contributed by atoms with Crippen LogP contribution in [-0.2, 0) is 16.4 Å². The molecule has 1 aliphatic rings. The van der Waals surface area contributed by atoms with E-state index in [1.54, 1.807) is 23.1 Å². The van der Waals surface area contributed by atoms with Crippen LogP contribution in [0.5, 0.6) is 0 Å². The van der Waals surface area contributed by atoms with Crippen LogP contribution in [0.25, 0.3) is 0 Å². The zero-order chi connectivity index (χ0) is 17.0. The number of benzene rings is 1. The van der Waals surface area contributed by atoms with Crippen LogP contribution in [0.4, 0.5) is 10.5 Å². The summed E-state index contributed by atoms with van der Waals surface area (Å²) in [6, 6.07) is 4.73. The molecule has 0 saturated heterocycles. The molecule has 1 unspecified atom stereocenters. The number of hydrogen-bond acceptors (Lipinski definition) is 3. The van der Waals surface area contributed by atoms with Crippen molar-refractivity contribution in [3.8, 4) is 0 Å². The maximum absolute atomic E-state index is 12.4. The minimum atomic E-state index is -3.51. The molecule has 1 aromatic carbocycles. The molecule has 23 heavy (non-hydrogen) atoms. The largest absolute Gasteiger partial charge is 0.338 e. The van der Waals surface area contributed by atoms with Gasteiger partial charge in [-0.25, -0.2) is 17.9 Å². The fourth-order valence-corrected chi connectivity index (χ4v) is 3.88. The molecule has 2 rings (SSSR count). The minimum absolute atomic E-state index is 0.107. The number of urea groups is 1. The van der Waals surface area contributed by atoms with Gasteiger partial charge in [-0.2, -0.15) is 0 Å². The van der Waals surface area contributed by atoms with E-state index in [2.05, 4.69) is 10.0 Å². The summed E-state index contributed by atoms with van der Waals surface area (Å²) in [4.78, 5) is 14.0. The Balaban J connectivity index is 2.20. The molecule has 2 N–H and O–H groups in total. The predicted molar refractivity (Wildman–Crippen MR) is 91.3 cm³/mol. The van der Waals surface area contributed by atoms with Crippen molar-refractivity contribution in [2.45, 2.75) is 51.0 Å². The highest BCUT2D eigenvalue weighted by Gasteiger charge is 2.26. The highest BCUT2D eigenvalue weighted by Crippen LogP contribution is 2.30. The highest BCUT2D eigenvalue weighted by atomic mass is 32.2. The van der Waals surface area contributed by atoms with Crippen LogP contribution >= 0.6 is 0 Å². The van der Waals surface area contributed by atoms with E-state index >= 15 is 0 Å². The Hall–Kier alpha value is -1.60. The number of hydrogen-bond donors (Lipinski definition) is 2. The fourth-order valence-electron chi connectivity index (χ4n) is 2.50. The van der Waals surface area contributed by atoms with Gasteiger partial charge < -0.3 is 5.32 Å². The normalized spacial score (nSPS) is 15.3. The second-order valence-corrected chi connectivity index (χ2v) is 7.57. The van der Waals surface area contributed by atoms with Crippen molar-refractivity contribution in [1.82, 2.24) is 10.0 Å². The molecule has 7 heteroatoms. The Morgan fingerprint density at radius 3 is 2.74 bits per heavy atom. The van der Waals surface area contributed by atoms with E-state index in [1.807, 2.05) is 20.8 Å². The summed E-state index contributed by atoms with van der Waals surface area (Å²) in [5.74, 6) is 0. The number of amides is 2. The van der Waals surface area contributed by atoms with Crippen molar-refractivity contribution < 1.29 is 13.2 Å². The molecule has 1 aliphatic heterocycles. The first kappa shape index (κ1) is 17.7. The predicted octanol–water partition coefficient (Wildman–Crippen LogP) is 2.25. The summed E-state index contributed by atoms with van der Waals surface area (Å²) >= 11 is 0. The van der Waals surface area contributed by atoms with Gasteiger partial charge in [0.15, 0.2) is 0 Å². The third-order valence-electron chi connectivity index (χ3n) is 4.00. The standard InChI is InChI=1S/C16H25N3O3S/c1-4-9-17-16(20)19-10-8-13-11-14(6-7-15(13)19)23(21,22)18-12(3)5-2/h6-7,11-12,18H,4-5,8-10H2,1-3H3,(H,17,20). The van der Waals surface area contributed by atoms with E-state index in [-0.39, 0.29) is 17.0 Å². The van der Waals surface area contributed by atoms with Gasteiger partial charge in [0.2, 0.25) is 10.0 Å².